The third-order valence-corrected chi connectivity index (χ3v) is 4.81. The van der Waals surface area contributed by atoms with Crippen LogP contribution in [0, 0.1) is 11.3 Å². The lowest BCUT2D eigenvalue weighted by Crippen LogP contribution is -2.27. The van der Waals surface area contributed by atoms with E-state index in [1.54, 1.807) is 24.5 Å². The van der Waals surface area contributed by atoms with E-state index < -0.39 is 6.09 Å². The Balaban J connectivity index is 1.52. The van der Waals surface area contributed by atoms with E-state index in [0.29, 0.717) is 42.0 Å². The number of pyridine rings is 3. The molecule has 0 atom stereocenters. The second-order valence-electron chi connectivity index (χ2n) is 7.20. The summed E-state index contributed by atoms with van der Waals surface area (Å²) < 4.78 is 0. The molecule has 3 heterocycles. The number of nitriles is 1. The molecule has 1 aliphatic carbocycles. The molecule has 1 aliphatic rings. The zero-order valence-corrected chi connectivity index (χ0v) is 16.7. The summed E-state index contributed by atoms with van der Waals surface area (Å²) in [6, 6.07) is 13.3. The lowest BCUT2D eigenvalue weighted by atomic mass is 10.1. The maximum Gasteiger partial charge on any atom is 0.404 e. The largest absolute Gasteiger partial charge is 0.465 e. The number of carbonyl (C=O) groups is 1. The van der Waals surface area contributed by atoms with Crippen LogP contribution in [0.2, 0.25) is 0 Å². The minimum atomic E-state index is -1.05. The van der Waals surface area contributed by atoms with Crippen molar-refractivity contribution in [2.45, 2.75) is 18.8 Å². The standard InChI is InChI=1S/C22H21N7O2/c23-12-14-5-6-24-20(9-14)29-21-11-17(15-1-2-15)10-18(28-21)16-3-4-19(27-13-16)25-7-8-26-22(30)31/h3-6,9-11,13,15,26H,1-2,7-8H2,(H,25,27)(H,30,31)(H,24,28,29). The van der Waals surface area contributed by atoms with Crippen molar-refractivity contribution >= 4 is 23.5 Å². The Morgan fingerprint density at radius 1 is 1.10 bits per heavy atom. The Morgan fingerprint density at radius 3 is 2.68 bits per heavy atom. The van der Waals surface area contributed by atoms with Crippen LogP contribution in [0.1, 0.15) is 29.9 Å². The molecule has 1 amide bonds. The molecule has 0 bridgehead atoms. The maximum absolute atomic E-state index is 10.5. The second kappa shape index (κ2) is 9.09. The van der Waals surface area contributed by atoms with Crippen molar-refractivity contribution in [2.24, 2.45) is 0 Å². The first-order valence-corrected chi connectivity index (χ1v) is 9.93. The molecule has 1 fully saturated rings. The SMILES string of the molecule is N#Cc1ccnc(Nc2cc(C3CC3)cc(-c3ccc(NCCNC(=O)O)nc3)n2)c1. The van der Waals surface area contributed by atoms with Gasteiger partial charge < -0.3 is 21.1 Å². The Labute approximate surface area is 179 Å². The van der Waals surface area contributed by atoms with Crippen molar-refractivity contribution in [3.05, 3.63) is 59.9 Å². The van der Waals surface area contributed by atoms with E-state index in [4.69, 9.17) is 15.4 Å². The Morgan fingerprint density at radius 2 is 1.97 bits per heavy atom. The van der Waals surface area contributed by atoms with Crippen molar-refractivity contribution < 1.29 is 9.90 Å². The number of hydrogen-bond acceptors (Lipinski definition) is 7. The Bertz CT molecular complexity index is 1120. The van der Waals surface area contributed by atoms with Crippen molar-refractivity contribution in [3.63, 3.8) is 0 Å². The van der Waals surface area contributed by atoms with Crippen LogP contribution in [-0.4, -0.2) is 39.2 Å². The smallest absolute Gasteiger partial charge is 0.404 e. The summed E-state index contributed by atoms with van der Waals surface area (Å²) in [7, 11) is 0. The van der Waals surface area contributed by atoms with Crippen LogP contribution in [0.5, 0.6) is 0 Å². The van der Waals surface area contributed by atoms with E-state index in [1.165, 1.54) is 5.56 Å². The average molecular weight is 415 g/mol. The highest BCUT2D eigenvalue weighted by Crippen LogP contribution is 2.42. The van der Waals surface area contributed by atoms with Crippen LogP contribution < -0.4 is 16.0 Å². The lowest BCUT2D eigenvalue weighted by Gasteiger charge is -2.11. The fourth-order valence-electron chi connectivity index (χ4n) is 3.13. The number of aromatic nitrogens is 3. The molecule has 3 aromatic heterocycles. The highest BCUT2D eigenvalue weighted by molar-refractivity contribution is 5.66. The molecular weight excluding hydrogens is 394 g/mol. The Kier molecular flexibility index (Phi) is 5.89. The van der Waals surface area contributed by atoms with E-state index >= 15 is 0 Å². The minimum Gasteiger partial charge on any atom is -0.465 e. The number of rotatable bonds is 8. The zero-order chi connectivity index (χ0) is 21.6. The van der Waals surface area contributed by atoms with Crippen LogP contribution in [0.25, 0.3) is 11.3 Å². The van der Waals surface area contributed by atoms with Gasteiger partial charge in [0.1, 0.15) is 17.5 Å². The molecule has 1 saturated carbocycles. The molecule has 9 nitrogen and oxygen atoms in total. The number of nitrogens with zero attached hydrogens (tertiary/aromatic N) is 4. The summed E-state index contributed by atoms with van der Waals surface area (Å²) in [6.07, 6.45) is 4.61. The third-order valence-electron chi connectivity index (χ3n) is 4.81. The van der Waals surface area contributed by atoms with E-state index in [2.05, 4.69) is 38.1 Å². The molecule has 3 aromatic rings. The number of amides is 1. The number of nitrogens with one attached hydrogen (secondary N) is 3. The summed E-state index contributed by atoms with van der Waals surface area (Å²) in [4.78, 5) is 23.9. The highest BCUT2D eigenvalue weighted by Gasteiger charge is 2.25. The molecule has 31 heavy (non-hydrogen) atoms. The molecule has 0 unspecified atom stereocenters. The summed E-state index contributed by atoms with van der Waals surface area (Å²) in [5.74, 6) is 2.43. The van der Waals surface area contributed by atoms with Gasteiger partial charge in [0.25, 0.3) is 0 Å². The number of hydrogen-bond donors (Lipinski definition) is 4. The van der Waals surface area contributed by atoms with Gasteiger partial charge in [-0.1, -0.05) is 0 Å². The van der Waals surface area contributed by atoms with Crippen LogP contribution in [0.3, 0.4) is 0 Å². The molecule has 0 aromatic carbocycles. The van der Waals surface area contributed by atoms with Gasteiger partial charge in [0.2, 0.25) is 0 Å². The Hall–Kier alpha value is -4.19. The monoisotopic (exact) mass is 415 g/mol. The van der Waals surface area contributed by atoms with Crippen LogP contribution >= 0.6 is 0 Å². The van der Waals surface area contributed by atoms with E-state index in [9.17, 15) is 4.79 Å². The normalized spacial score (nSPS) is 12.6. The van der Waals surface area contributed by atoms with Gasteiger partial charge in [0.15, 0.2) is 0 Å². The predicted octanol–water partition coefficient (Wildman–Crippen LogP) is 3.71. The van der Waals surface area contributed by atoms with Gasteiger partial charge in [0.05, 0.1) is 17.3 Å². The first-order chi connectivity index (χ1) is 15.1. The van der Waals surface area contributed by atoms with Gasteiger partial charge in [-0.05, 0) is 60.7 Å². The number of anilines is 3. The van der Waals surface area contributed by atoms with E-state index in [-0.39, 0.29) is 0 Å². The number of carboxylic acid groups (broad SMARTS) is 1. The van der Waals surface area contributed by atoms with Gasteiger partial charge >= 0.3 is 6.09 Å². The summed E-state index contributed by atoms with van der Waals surface area (Å²) >= 11 is 0. The highest BCUT2D eigenvalue weighted by atomic mass is 16.4. The average Bonchev–Trinajstić information content (AvgIpc) is 3.62. The molecule has 0 radical (unpaired) electrons. The molecule has 9 heteroatoms. The van der Waals surface area contributed by atoms with Crippen LogP contribution in [-0.2, 0) is 0 Å². The van der Waals surface area contributed by atoms with Gasteiger partial charge in [-0.25, -0.2) is 19.7 Å². The van der Waals surface area contributed by atoms with Gasteiger partial charge in [-0.3, -0.25) is 0 Å². The molecule has 0 aliphatic heterocycles. The van der Waals surface area contributed by atoms with Gasteiger partial charge in [-0.15, -0.1) is 0 Å². The van der Waals surface area contributed by atoms with Crippen LogP contribution in [0.15, 0.2) is 48.8 Å². The summed E-state index contributed by atoms with van der Waals surface area (Å²) in [6.45, 7) is 0.733. The van der Waals surface area contributed by atoms with Gasteiger partial charge in [-0.2, -0.15) is 5.26 Å². The second-order valence-corrected chi connectivity index (χ2v) is 7.20. The topological polar surface area (TPSA) is 136 Å². The van der Waals surface area contributed by atoms with Gasteiger partial charge in [0, 0.05) is 31.0 Å². The zero-order valence-electron chi connectivity index (χ0n) is 16.7. The quantitative estimate of drug-likeness (QED) is 0.409. The fourth-order valence-corrected chi connectivity index (χ4v) is 3.13. The minimum absolute atomic E-state index is 0.291. The molecule has 4 N–H and O–H groups in total. The van der Waals surface area contributed by atoms with Crippen molar-refractivity contribution in [2.75, 3.05) is 23.7 Å². The van der Waals surface area contributed by atoms with E-state index in [1.807, 2.05) is 18.2 Å². The fraction of sp³-hybridized carbons (Fsp3) is 0.227. The summed E-state index contributed by atoms with van der Waals surface area (Å²) in [5, 5.41) is 26.3. The molecule has 4 rings (SSSR count). The molecule has 0 saturated heterocycles. The lowest BCUT2D eigenvalue weighted by molar-refractivity contribution is 0.195. The predicted molar refractivity (Wildman–Crippen MR) is 116 cm³/mol. The first kappa shape index (κ1) is 20.1. The van der Waals surface area contributed by atoms with Crippen LogP contribution in [0.4, 0.5) is 22.2 Å². The third kappa shape index (κ3) is 5.45. The summed E-state index contributed by atoms with van der Waals surface area (Å²) in [5.41, 5.74) is 3.42. The molecule has 0 spiro atoms. The molecular formula is C22H21N7O2. The van der Waals surface area contributed by atoms with Crippen molar-refractivity contribution in [1.82, 2.24) is 20.3 Å². The van der Waals surface area contributed by atoms with Crippen molar-refractivity contribution in [1.29, 1.82) is 5.26 Å². The van der Waals surface area contributed by atoms with E-state index in [0.717, 1.165) is 24.1 Å². The molecule has 156 valence electrons. The maximum atomic E-state index is 10.5. The first-order valence-electron chi connectivity index (χ1n) is 9.93. The van der Waals surface area contributed by atoms with Crippen molar-refractivity contribution in [3.8, 4) is 17.3 Å².